The lowest BCUT2D eigenvalue weighted by molar-refractivity contribution is 0.0840. The number of hydrogen-bond donors (Lipinski definition) is 3. The fraction of sp³-hybridized carbons (Fsp3) is 0.500. The summed E-state index contributed by atoms with van der Waals surface area (Å²) >= 11 is 0. The lowest BCUT2D eigenvalue weighted by Gasteiger charge is -2.35. The lowest BCUT2D eigenvalue weighted by Crippen LogP contribution is -2.51. The van der Waals surface area contributed by atoms with Crippen LogP contribution in [0.15, 0.2) is 18.5 Å². The number of urea groups is 1. The number of nitrogens with one attached hydrogen (secondary N) is 2. The van der Waals surface area contributed by atoms with Gasteiger partial charge in [-0.2, -0.15) is 4.98 Å². The van der Waals surface area contributed by atoms with Crippen LogP contribution in [0.2, 0.25) is 0 Å². The Labute approximate surface area is 168 Å². The van der Waals surface area contributed by atoms with Gasteiger partial charge in [-0.15, -0.1) is 0 Å². The van der Waals surface area contributed by atoms with E-state index in [1.165, 1.54) is 0 Å². The molecule has 11 heteroatoms. The molecule has 0 aromatic carbocycles. The Morgan fingerprint density at radius 3 is 2.66 bits per heavy atom. The van der Waals surface area contributed by atoms with Gasteiger partial charge in [0.05, 0.1) is 18.9 Å². The summed E-state index contributed by atoms with van der Waals surface area (Å²) in [6.07, 6.45) is 4.70. The van der Waals surface area contributed by atoms with Gasteiger partial charge in [-0.25, -0.2) is 19.7 Å². The molecule has 1 saturated heterocycles. The molecule has 2 aliphatic rings. The van der Waals surface area contributed by atoms with E-state index in [0.29, 0.717) is 43.8 Å². The molecule has 4 rings (SSSR count). The molecule has 0 spiro atoms. The van der Waals surface area contributed by atoms with Crippen molar-refractivity contribution in [3.05, 3.63) is 18.5 Å². The third-order valence-electron chi connectivity index (χ3n) is 4.90. The first-order valence-corrected chi connectivity index (χ1v) is 9.55. The first-order chi connectivity index (χ1) is 14.1. The van der Waals surface area contributed by atoms with Gasteiger partial charge in [0.25, 0.3) is 0 Å². The summed E-state index contributed by atoms with van der Waals surface area (Å²) in [4.78, 5) is 30.8. The smallest absolute Gasteiger partial charge is 0.314 e. The van der Waals surface area contributed by atoms with Crippen LogP contribution in [0, 0.1) is 0 Å². The van der Waals surface area contributed by atoms with Crippen molar-refractivity contribution >= 4 is 17.9 Å². The number of aromatic nitrogens is 4. The Hall–Kier alpha value is -3.21. The summed E-state index contributed by atoms with van der Waals surface area (Å²) in [5, 5.41) is 5.43. The normalized spacial score (nSPS) is 21.2. The molecule has 4 N–H and O–H groups in total. The topological polar surface area (TPSA) is 140 Å². The molecule has 29 heavy (non-hydrogen) atoms. The second-order valence-corrected chi connectivity index (χ2v) is 6.95. The summed E-state index contributed by atoms with van der Waals surface area (Å²) in [5.41, 5.74) is 6.99. The standard InChI is InChI=1S/C18H24N8O3/c1-20-18(27)23-12-6-13(7-12)29-15-8-14(11-9-21-16(19)22-10-11)24-17(25-15)26-2-4-28-5-3-26/h8-10,12-13H,2-7H2,1H3,(H2,19,21,22)(H2,20,23,27)/t12-,13-. The first-order valence-electron chi connectivity index (χ1n) is 9.55. The highest BCUT2D eigenvalue weighted by Crippen LogP contribution is 2.29. The second-order valence-electron chi connectivity index (χ2n) is 6.95. The van der Waals surface area contributed by atoms with Crippen molar-refractivity contribution in [3.8, 4) is 17.1 Å². The van der Waals surface area contributed by atoms with Crippen LogP contribution in [0.25, 0.3) is 11.3 Å². The Morgan fingerprint density at radius 2 is 1.97 bits per heavy atom. The molecule has 1 saturated carbocycles. The van der Waals surface area contributed by atoms with E-state index in [4.69, 9.17) is 15.2 Å². The van der Waals surface area contributed by atoms with Gasteiger partial charge in [0.15, 0.2) is 0 Å². The quantitative estimate of drug-likeness (QED) is 0.641. The third kappa shape index (κ3) is 4.62. The molecule has 1 aliphatic heterocycles. The Balaban J connectivity index is 1.52. The van der Waals surface area contributed by atoms with Gasteiger partial charge in [-0.05, 0) is 0 Å². The second kappa shape index (κ2) is 8.43. The van der Waals surface area contributed by atoms with Crippen LogP contribution in [0.3, 0.4) is 0 Å². The van der Waals surface area contributed by atoms with Crippen molar-refractivity contribution in [2.75, 3.05) is 44.0 Å². The van der Waals surface area contributed by atoms with Crippen LogP contribution in [0.1, 0.15) is 12.8 Å². The highest BCUT2D eigenvalue weighted by molar-refractivity contribution is 5.73. The molecule has 2 amide bonds. The van der Waals surface area contributed by atoms with Crippen molar-refractivity contribution in [1.82, 2.24) is 30.6 Å². The van der Waals surface area contributed by atoms with Gasteiger partial charge in [-0.3, -0.25) is 0 Å². The Kier molecular flexibility index (Phi) is 5.56. The Morgan fingerprint density at radius 1 is 1.24 bits per heavy atom. The fourth-order valence-corrected chi connectivity index (χ4v) is 3.20. The first kappa shape index (κ1) is 19.1. The van der Waals surface area contributed by atoms with Crippen molar-refractivity contribution in [1.29, 1.82) is 0 Å². The summed E-state index contributed by atoms with van der Waals surface area (Å²) < 4.78 is 11.5. The zero-order valence-corrected chi connectivity index (χ0v) is 16.2. The molecule has 2 fully saturated rings. The molecule has 1 aliphatic carbocycles. The highest BCUT2D eigenvalue weighted by atomic mass is 16.5. The van der Waals surface area contributed by atoms with E-state index < -0.39 is 0 Å². The minimum Gasteiger partial charge on any atom is -0.474 e. The predicted molar refractivity (Wildman–Crippen MR) is 106 cm³/mol. The van der Waals surface area contributed by atoms with E-state index in [9.17, 15) is 4.79 Å². The van der Waals surface area contributed by atoms with Gasteiger partial charge >= 0.3 is 6.03 Å². The molecule has 0 radical (unpaired) electrons. The van der Waals surface area contributed by atoms with Gasteiger partial charge in [0.1, 0.15) is 6.10 Å². The molecule has 0 atom stereocenters. The van der Waals surface area contributed by atoms with Crippen molar-refractivity contribution in [2.24, 2.45) is 0 Å². The zero-order valence-electron chi connectivity index (χ0n) is 16.2. The predicted octanol–water partition coefficient (Wildman–Crippen LogP) is 0.191. The van der Waals surface area contributed by atoms with Gasteiger partial charge in [-0.1, -0.05) is 0 Å². The number of carbonyl (C=O) groups is 1. The molecule has 2 aromatic heterocycles. The number of anilines is 2. The van der Waals surface area contributed by atoms with Crippen LogP contribution < -0.4 is 26.0 Å². The largest absolute Gasteiger partial charge is 0.474 e. The molecular formula is C18H24N8O3. The van der Waals surface area contributed by atoms with E-state index in [0.717, 1.165) is 18.4 Å². The number of hydrogen-bond acceptors (Lipinski definition) is 9. The molecule has 3 heterocycles. The van der Waals surface area contributed by atoms with Crippen LogP contribution in [-0.2, 0) is 4.74 Å². The number of rotatable bonds is 5. The third-order valence-corrected chi connectivity index (χ3v) is 4.90. The van der Waals surface area contributed by atoms with Crippen molar-refractivity contribution in [3.63, 3.8) is 0 Å². The number of amides is 2. The van der Waals surface area contributed by atoms with E-state index in [1.807, 2.05) is 0 Å². The number of nitrogens with two attached hydrogens (primary N) is 1. The average molecular weight is 400 g/mol. The van der Waals surface area contributed by atoms with Crippen LogP contribution in [0.4, 0.5) is 16.7 Å². The highest BCUT2D eigenvalue weighted by Gasteiger charge is 2.32. The van der Waals surface area contributed by atoms with Crippen LogP contribution >= 0.6 is 0 Å². The summed E-state index contributed by atoms with van der Waals surface area (Å²) in [5.74, 6) is 1.27. The van der Waals surface area contributed by atoms with Crippen molar-refractivity contribution < 1.29 is 14.3 Å². The molecule has 0 unspecified atom stereocenters. The van der Waals surface area contributed by atoms with E-state index >= 15 is 0 Å². The summed E-state index contributed by atoms with van der Waals surface area (Å²) in [6.45, 7) is 2.68. The number of ether oxygens (including phenoxy) is 2. The fourth-order valence-electron chi connectivity index (χ4n) is 3.20. The SMILES string of the molecule is CNC(=O)N[C@H]1C[C@H](Oc2cc(-c3cnc(N)nc3)nc(N3CCOCC3)n2)C1. The molecule has 2 aromatic rings. The van der Waals surface area contributed by atoms with Crippen LogP contribution in [0.5, 0.6) is 5.88 Å². The maximum atomic E-state index is 11.4. The maximum Gasteiger partial charge on any atom is 0.314 e. The molecule has 154 valence electrons. The van der Waals surface area contributed by atoms with Gasteiger partial charge in [0.2, 0.25) is 17.8 Å². The van der Waals surface area contributed by atoms with E-state index in [1.54, 1.807) is 25.5 Å². The molecular weight excluding hydrogens is 376 g/mol. The van der Waals surface area contributed by atoms with Gasteiger partial charge < -0.3 is 30.7 Å². The number of morpholine rings is 1. The lowest BCUT2D eigenvalue weighted by atomic mass is 9.89. The average Bonchev–Trinajstić information content (AvgIpc) is 2.73. The minimum atomic E-state index is -0.185. The monoisotopic (exact) mass is 400 g/mol. The Bertz CT molecular complexity index is 851. The maximum absolute atomic E-state index is 11.4. The molecule has 11 nitrogen and oxygen atoms in total. The zero-order chi connectivity index (χ0) is 20.2. The van der Waals surface area contributed by atoms with E-state index in [-0.39, 0.29) is 24.1 Å². The number of nitrogens with zero attached hydrogens (tertiary/aromatic N) is 5. The van der Waals surface area contributed by atoms with Gasteiger partial charge in [0, 0.05) is 63.0 Å². The number of nitrogen functional groups attached to an aromatic ring is 1. The van der Waals surface area contributed by atoms with Crippen LogP contribution in [-0.4, -0.2) is 71.5 Å². The summed E-state index contributed by atoms with van der Waals surface area (Å²) in [7, 11) is 1.60. The van der Waals surface area contributed by atoms with Crippen molar-refractivity contribution in [2.45, 2.75) is 25.0 Å². The summed E-state index contributed by atoms with van der Waals surface area (Å²) in [6, 6.07) is 1.69. The molecule has 0 bridgehead atoms. The number of carbonyl (C=O) groups excluding carboxylic acids is 1. The minimum absolute atomic E-state index is 0.0138. The van der Waals surface area contributed by atoms with E-state index in [2.05, 4.69) is 35.5 Å².